The summed E-state index contributed by atoms with van der Waals surface area (Å²) in [5.41, 5.74) is 6.50. The van der Waals surface area contributed by atoms with Crippen LogP contribution in [0.1, 0.15) is 72.6 Å². The van der Waals surface area contributed by atoms with E-state index in [0.717, 1.165) is 87.6 Å². The predicted molar refractivity (Wildman–Crippen MR) is 178 cm³/mol. The maximum atomic E-state index is 13.8. The highest BCUT2D eigenvalue weighted by atomic mass is 35.5. The molecule has 8 heteroatoms. The van der Waals surface area contributed by atoms with Crippen molar-refractivity contribution in [2.24, 2.45) is 13.0 Å². The zero-order chi connectivity index (χ0) is 31.1. The van der Waals surface area contributed by atoms with Crippen molar-refractivity contribution in [2.45, 2.75) is 65.0 Å². The molecule has 1 unspecified atom stereocenters. The van der Waals surface area contributed by atoms with Crippen LogP contribution in [0.15, 0.2) is 54.6 Å². The number of hydrogen-bond donors (Lipinski definition) is 0. The Balaban J connectivity index is 1.34. The van der Waals surface area contributed by atoms with Crippen molar-refractivity contribution < 1.29 is 19.0 Å². The van der Waals surface area contributed by atoms with Gasteiger partial charge in [-0.25, -0.2) is 4.79 Å². The molecule has 234 valence electrons. The maximum absolute atomic E-state index is 13.8. The number of aryl methyl sites for hydroxylation is 3. The molecule has 0 N–H and O–H groups in total. The second kappa shape index (κ2) is 12.5. The summed E-state index contributed by atoms with van der Waals surface area (Å²) in [6.07, 6.45) is 5.38. The molecule has 0 amide bonds. The molecule has 0 bridgehead atoms. The first-order chi connectivity index (χ1) is 22.0. The third-order valence-corrected chi connectivity index (χ3v) is 9.64. The van der Waals surface area contributed by atoms with Crippen LogP contribution in [-0.2, 0) is 29.5 Å². The molecule has 3 heterocycles. The Morgan fingerprint density at radius 1 is 1.04 bits per heavy atom. The van der Waals surface area contributed by atoms with Gasteiger partial charge in [-0.05, 0) is 81.4 Å². The normalized spacial score (nSPS) is 16.8. The first-order valence-corrected chi connectivity index (χ1v) is 16.6. The minimum absolute atomic E-state index is 0.0667. The fraction of sp³-hybridized carbons (Fsp3) is 0.405. The monoisotopic (exact) mass is 625 g/mol. The molecule has 45 heavy (non-hydrogen) atoms. The van der Waals surface area contributed by atoms with Gasteiger partial charge < -0.3 is 18.8 Å². The number of halogens is 1. The van der Waals surface area contributed by atoms with Gasteiger partial charge >= 0.3 is 5.97 Å². The summed E-state index contributed by atoms with van der Waals surface area (Å²) >= 11 is 7.14. The largest absolute Gasteiger partial charge is 0.493 e. The molecule has 0 spiro atoms. The standard InChI is InChI=1S/C37H40ClN3O4/c1-4-43-37(42)35-27(14-10-22-44-30-15-9-12-24-11-5-6-13-26(24)30)28-18-19-29(38)32-31-23(2)40(3)39-33(31)36(25-16-17-25)45-21-8-7-20-41(35)34(28)32/h5-6,9,11-13,15,18-19,25,36H,4,7-8,10,14,16-17,20-22H2,1-3H3. The van der Waals surface area contributed by atoms with Crippen molar-refractivity contribution in [3.05, 3.63) is 82.3 Å². The summed E-state index contributed by atoms with van der Waals surface area (Å²) in [6, 6.07) is 18.4. The van der Waals surface area contributed by atoms with Crippen LogP contribution in [0.25, 0.3) is 32.8 Å². The molecular formula is C37H40ClN3O4. The molecule has 1 aliphatic heterocycles. The van der Waals surface area contributed by atoms with E-state index in [1.165, 1.54) is 0 Å². The molecule has 0 saturated heterocycles. The van der Waals surface area contributed by atoms with Gasteiger partial charge in [-0.15, -0.1) is 0 Å². The molecule has 3 aromatic carbocycles. The number of benzene rings is 3. The van der Waals surface area contributed by atoms with Crippen molar-refractivity contribution in [1.29, 1.82) is 0 Å². The van der Waals surface area contributed by atoms with Gasteiger partial charge in [0.15, 0.2) is 0 Å². The average Bonchev–Trinajstić information content (AvgIpc) is 3.78. The van der Waals surface area contributed by atoms with Crippen LogP contribution < -0.4 is 4.74 Å². The number of carbonyl (C=O) groups is 1. The predicted octanol–water partition coefficient (Wildman–Crippen LogP) is 8.61. The molecule has 5 aromatic rings. The fourth-order valence-corrected chi connectivity index (χ4v) is 7.20. The minimum Gasteiger partial charge on any atom is -0.493 e. The topological polar surface area (TPSA) is 67.5 Å². The van der Waals surface area contributed by atoms with Gasteiger partial charge in [0.1, 0.15) is 17.5 Å². The first kappa shape index (κ1) is 29.9. The van der Waals surface area contributed by atoms with E-state index in [9.17, 15) is 4.79 Å². The Kier molecular flexibility index (Phi) is 8.32. The Hall–Kier alpha value is -3.81. The van der Waals surface area contributed by atoms with Gasteiger partial charge in [-0.3, -0.25) is 4.68 Å². The Labute approximate surface area is 269 Å². The van der Waals surface area contributed by atoms with Crippen LogP contribution in [-0.4, -0.2) is 40.1 Å². The lowest BCUT2D eigenvalue weighted by Crippen LogP contribution is -2.15. The van der Waals surface area contributed by atoms with Gasteiger partial charge in [0.25, 0.3) is 0 Å². The molecule has 1 aliphatic carbocycles. The van der Waals surface area contributed by atoms with Gasteiger partial charge in [0, 0.05) is 47.8 Å². The molecule has 2 aliphatic rings. The maximum Gasteiger partial charge on any atom is 0.355 e. The lowest BCUT2D eigenvalue weighted by molar-refractivity contribution is 0.0317. The second-order valence-corrected chi connectivity index (χ2v) is 12.7. The van der Waals surface area contributed by atoms with Crippen LogP contribution in [0.2, 0.25) is 5.02 Å². The van der Waals surface area contributed by atoms with Crippen molar-refractivity contribution in [1.82, 2.24) is 14.3 Å². The number of carbonyl (C=O) groups excluding carboxylic acids is 1. The van der Waals surface area contributed by atoms with Crippen molar-refractivity contribution in [3.8, 4) is 16.9 Å². The number of fused-ring (bicyclic) bond motifs is 3. The number of hydrogen-bond acceptors (Lipinski definition) is 5. The third-order valence-electron chi connectivity index (χ3n) is 9.33. The number of nitrogens with zero attached hydrogens (tertiary/aromatic N) is 3. The third kappa shape index (κ3) is 5.50. The van der Waals surface area contributed by atoms with Crippen molar-refractivity contribution in [2.75, 3.05) is 19.8 Å². The van der Waals surface area contributed by atoms with Crippen LogP contribution >= 0.6 is 11.6 Å². The zero-order valence-corrected chi connectivity index (χ0v) is 27.0. The molecule has 1 atom stereocenters. The lowest BCUT2D eigenvalue weighted by atomic mass is 9.95. The quantitative estimate of drug-likeness (QED) is 0.128. The summed E-state index contributed by atoms with van der Waals surface area (Å²) < 4.78 is 22.7. The van der Waals surface area contributed by atoms with E-state index in [1.54, 1.807) is 0 Å². The summed E-state index contributed by atoms with van der Waals surface area (Å²) in [5, 5.41) is 8.94. The highest BCUT2D eigenvalue weighted by molar-refractivity contribution is 6.35. The SMILES string of the molecule is CCOC(=O)c1c(CCCOc2cccc3ccccc23)c2ccc(Cl)c3c2n1CCCCOC(C1CC1)c1nn(C)c(C)c1-3. The van der Waals surface area contributed by atoms with E-state index in [1.807, 2.05) is 49.0 Å². The van der Waals surface area contributed by atoms with E-state index in [0.29, 0.717) is 49.4 Å². The minimum atomic E-state index is -0.300. The molecule has 0 radical (unpaired) electrons. The van der Waals surface area contributed by atoms with Crippen LogP contribution in [0.5, 0.6) is 5.75 Å². The highest BCUT2D eigenvalue weighted by Crippen LogP contribution is 2.49. The van der Waals surface area contributed by atoms with Crippen LogP contribution in [0.3, 0.4) is 0 Å². The highest BCUT2D eigenvalue weighted by Gasteiger charge is 2.39. The van der Waals surface area contributed by atoms with Crippen LogP contribution in [0.4, 0.5) is 0 Å². The van der Waals surface area contributed by atoms with Gasteiger partial charge in [0.2, 0.25) is 0 Å². The first-order valence-electron chi connectivity index (χ1n) is 16.2. The molecular weight excluding hydrogens is 586 g/mol. The number of ether oxygens (including phenoxy) is 3. The summed E-state index contributed by atoms with van der Waals surface area (Å²) in [5.74, 6) is 1.04. The summed E-state index contributed by atoms with van der Waals surface area (Å²) in [4.78, 5) is 13.8. The van der Waals surface area contributed by atoms with Gasteiger partial charge in [0.05, 0.1) is 29.4 Å². The van der Waals surface area contributed by atoms with Gasteiger partial charge in [-0.1, -0.05) is 54.1 Å². The molecule has 7 nitrogen and oxygen atoms in total. The summed E-state index contributed by atoms with van der Waals surface area (Å²) in [6.45, 7) is 6.09. The fourth-order valence-electron chi connectivity index (χ4n) is 6.95. The van der Waals surface area contributed by atoms with E-state index in [2.05, 4.69) is 35.8 Å². The smallest absolute Gasteiger partial charge is 0.355 e. The van der Waals surface area contributed by atoms with E-state index < -0.39 is 0 Å². The van der Waals surface area contributed by atoms with Crippen LogP contribution in [0, 0.1) is 12.8 Å². The summed E-state index contributed by atoms with van der Waals surface area (Å²) in [7, 11) is 1.98. The number of rotatable bonds is 8. The second-order valence-electron chi connectivity index (χ2n) is 12.3. The van der Waals surface area contributed by atoms with E-state index in [-0.39, 0.29) is 12.1 Å². The lowest BCUT2D eigenvalue weighted by Gasteiger charge is -2.18. The van der Waals surface area contributed by atoms with Crippen molar-refractivity contribution in [3.63, 3.8) is 0 Å². The Morgan fingerprint density at radius 2 is 1.87 bits per heavy atom. The number of esters is 1. The van der Waals surface area contributed by atoms with Crippen molar-refractivity contribution >= 4 is 39.2 Å². The Morgan fingerprint density at radius 3 is 2.69 bits per heavy atom. The molecule has 2 aromatic heterocycles. The molecule has 1 fully saturated rings. The van der Waals surface area contributed by atoms with E-state index >= 15 is 0 Å². The zero-order valence-electron chi connectivity index (χ0n) is 26.3. The molecule has 7 rings (SSSR count). The van der Waals surface area contributed by atoms with E-state index in [4.69, 9.17) is 30.9 Å². The van der Waals surface area contributed by atoms with Gasteiger partial charge in [-0.2, -0.15) is 5.10 Å². The number of aromatic nitrogens is 3. The average molecular weight is 626 g/mol. The molecule has 1 saturated carbocycles. The Bertz CT molecular complexity index is 1880.